The summed E-state index contributed by atoms with van der Waals surface area (Å²) < 4.78 is 5.16. The maximum atomic E-state index is 12.0. The van der Waals surface area contributed by atoms with Crippen LogP contribution in [0.2, 0.25) is 0 Å². The second kappa shape index (κ2) is 9.15. The number of aromatic hydroxyl groups is 1. The number of aliphatic imine (C=N–C) groups is 1. The first kappa shape index (κ1) is 18.1. The number of guanidine groups is 1. The molecular weight excluding hydrogens is 306 g/mol. The third-order valence-electron chi connectivity index (χ3n) is 4.02. The average Bonchev–Trinajstić information content (AvgIpc) is 2.60. The van der Waals surface area contributed by atoms with Crippen LogP contribution in [0.3, 0.4) is 0 Å². The molecule has 1 aromatic carbocycles. The summed E-state index contributed by atoms with van der Waals surface area (Å²) in [5.74, 6) is 0.871. The van der Waals surface area contributed by atoms with Crippen LogP contribution in [-0.4, -0.2) is 48.2 Å². The molecule has 0 radical (unpaired) electrons. The van der Waals surface area contributed by atoms with E-state index in [4.69, 9.17) is 4.74 Å². The van der Waals surface area contributed by atoms with Crippen LogP contribution in [0.1, 0.15) is 32.3 Å². The monoisotopic (exact) mass is 333 g/mol. The molecule has 1 fully saturated rings. The Morgan fingerprint density at radius 3 is 2.79 bits per heavy atom. The van der Waals surface area contributed by atoms with E-state index in [1.54, 1.807) is 12.1 Å². The molecule has 24 heavy (non-hydrogen) atoms. The lowest BCUT2D eigenvalue weighted by atomic mass is 9.98. The van der Waals surface area contributed by atoms with Crippen molar-refractivity contribution in [2.45, 2.75) is 33.2 Å². The predicted octanol–water partition coefficient (Wildman–Crippen LogP) is 2.13. The van der Waals surface area contributed by atoms with Crippen molar-refractivity contribution in [3.8, 4) is 5.75 Å². The Balaban J connectivity index is 2.03. The van der Waals surface area contributed by atoms with Gasteiger partial charge in [-0.3, -0.25) is 4.79 Å². The van der Waals surface area contributed by atoms with Gasteiger partial charge >= 0.3 is 5.97 Å². The number of piperidine rings is 1. The lowest BCUT2D eigenvalue weighted by molar-refractivity contribution is -0.149. The Bertz CT molecular complexity index is 557. The number of likely N-dealkylation sites (tertiary alicyclic amines) is 1. The second-order valence-corrected chi connectivity index (χ2v) is 5.87. The van der Waals surface area contributed by atoms with E-state index in [2.05, 4.69) is 15.2 Å². The molecule has 132 valence electrons. The van der Waals surface area contributed by atoms with Crippen LogP contribution in [0.4, 0.5) is 0 Å². The van der Waals surface area contributed by atoms with Crippen molar-refractivity contribution < 1.29 is 14.6 Å². The molecule has 0 aromatic heterocycles. The van der Waals surface area contributed by atoms with E-state index in [9.17, 15) is 9.90 Å². The topological polar surface area (TPSA) is 74.2 Å². The van der Waals surface area contributed by atoms with Crippen LogP contribution in [0.15, 0.2) is 29.3 Å². The molecule has 1 aliphatic heterocycles. The maximum Gasteiger partial charge on any atom is 0.310 e. The quantitative estimate of drug-likeness (QED) is 0.490. The van der Waals surface area contributed by atoms with Gasteiger partial charge in [-0.25, -0.2) is 4.99 Å². The second-order valence-electron chi connectivity index (χ2n) is 5.87. The fraction of sp³-hybridized carbons (Fsp3) is 0.556. The molecule has 1 saturated heterocycles. The number of esters is 1. The SMILES string of the molecule is CCNC(=NCc1ccc(O)cc1)N1CCCC(C(=O)OCC)C1. The number of nitrogens with one attached hydrogen (secondary N) is 1. The molecule has 1 heterocycles. The summed E-state index contributed by atoms with van der Waals surface area (Å²) in [5, 5.41) is 12.6. The number of phenols is 1. The van der Waals surface area contributed by atoms with E-state index in [0.717, 1.165) is 37.5 Å². The molecule has 0 saturated carbocycles. The lowest BCUT2D eigenvalue weighted by Crippen LogP contribution is -2.48. The first-order valence-electron chi connectivity index (χ1n) is 8.61. The zero-order chi connectivity index (χ0) is 17.4. The molecule has 1 atom stereocenters. The Morgan fingerprint density at radius 1 is 1.38 bits per heavy atom. The third-order valence-corrected chi connectivity index (χ3v) is 4.02. The third kappa shape index (κ3) is 5.15. The molecule has 0 spiro atoms. The first-order chi connectivity index (χ1) is 11.6. The van der Waals surface area contributed by atoms with Crippen molar-refractivity contribution in [2.75, 3.05) is 26.2 Å². The lowest BCUT2D eigenvalue weighted by Gasteiger charge is -2.34. The minimum atomic E-state index is -0.114. The van der Waals surface area contributed by atoms with Crippen molar-refractivity contribution >= 4 is 11.9 Å². The van der Waals surface area contributed by atoms with Crippen LogP contribution in [0, 0.1) is 5.92 Å². The van der Waals surface area contributed by atoms with Crippen molar-refractivity contribution in [1.82, 2.24) is 10.2 Å². The van der Waals surface area contributed by atoms with Gasteiger partial charge in [0.05, 0.1) is 19.1 Å². The minimum Gasteiger partial charge on any atom is -0.508 e. The average molecular weight is 333 g/mol. The van der Waals surface area contributed by atoms with E-state index >= 15 is 0 Å². The highest BCUT2D eigenvalue weighted by atomic mass is 16.5. The van der Waals surface area contributed by atoms with Gasteiger partial charge in [0.25, 0.3) is 0 Å². The maximum absolute atomic E-state index is 12.0. The van der Waals surface area contributed by atoms with E-state index in [0.29, 0.717) is 19.7 Å². The predicted molar refractivity (Wildman–Crippen MR) is 93.9 cm³/mol. The zero-order valence-corrected chi connectivity index (χ0v) is 14.5. The summed E-state index contributed by atoms with van der Waals surface area (Å²) in [5.41, 5.74) is 1.03. The van der Waals surface area contributed by atoms with Crippen molar-refractivity contribution in [3.05, 3.63) is 29.8 Å². The van der Waals surface area contributed by atoms with Gasteiger partial charge < -0.3 is 20.1 Å². The summed E-state index contributed by atoms with van der Waals surface area (Å²) >= 11 is 0. The number of phenolic OH excluding ortho intramolecular Hbond substituents is 1. The van der Waals surface area contributed by atoms with E-state index in [-0.39, 0.29) is 17.6 Å². The number of carbonyl (C=O) groups excluding carboxylic acids is 1. The van der Waals surface area contributed by atoms with Crippen molar-refractivity contribution in [2.24, 2.45) is 10.9 Å². The van der Waals surface area contributed by atoms with Gasteiger partial charge in [-0.15, -0.1) is 0 Å². The normalized spacial score (nSPS) is 18.3. The first-order valence-corrected chi connectivity index (χ1v) is 8.61. The number of ether oxygens (including phenoxy) is 1. The molecule has 0 aliphatic carbocycles. The fourth-order valence-electron chi connectivity index (χ4n) is 2.82. The van der Waals surface area contributed by atoms with Gasteiger partial charge in [0.2, 0.25) is 0 Å². The Morgan fingerprint density at radius 2 is 2.12 bits per heavy atom. The highest BCUT2D eigenvalue weighted by molar-refractivity contribution is 5.81. The number of rotatable bonds is 5. The summed E-state index contributed by atoms with van der Waals surface area (Å²) in [6.07, 6.45) is 1.82. The molecule has 6 heteroatoms. The van der Waals surface area contributed by atoms with Gasteiger partial charge in [0.15, 0.2) is 5.96 Å². The minimum absolute atomic E-state index is 0.0868. The van der Waals surface area contributed by atoms with Crippen LogP contribution in [0.5, 0.6) is 5.75 Å². The van der Waals surface area contributed by atoms with Gasteiger partial charge in [0.1, 0.15) is 5.75 Å². The molecular formula is C18H27N3O3. The molecule has 6 nitrogen and oxygen atoms in total. The summed E-state index contributed by atoms with van der Waals surface area (Å²) in [7, 11) is 0. The molecule has 1 aliphatic rings. The smallest absolute Gasteiger partial charge is 0.310 e. The van der Waals surface area contributed by atoms with Gasteiger partial charge in [0, 0.05) is 19.6 Å². The highest BCUT2D eigenvalue weighted by Gasteiger charge is 2.28. The molecule has 1 unspecified atom stereocenters. The highest BCUT2D eigenvalue weighted by Crippen LogP contribution is 2.18. The molecule has 2 rings (SSSR count). The molecule has 1 aromatic rings. The van der Waals surface area contributed by atoms with E-state index in [1.807, 2.05) is 26.0 Å². The summed E-state index contributed by atoms with van der Waals surface area (Å²) in [4.78, 5) is 18.8. The molecule has 0 bridgehead atoms. The number of hydrogen-bond donors (Lipinski definition) is 2. The Labute approximate surface area is 143 Å². The van der Waals surface area contributed by atoms with Crippen molar-refractivity contribution in [1.29, 1.82) is 0 Å². The van der Waals surface area contributed by atoms with E-state index < -0.39 is 0 Å². The Hall–Kier alpha value is -2.24. The van der Waals surface area contributed by atoms with Crippen LogP contribution in [0.25, 0.3) is 0 Å². The summed E-state index contributed by atoms with van der Waals surface area (Å²) in [6.45, 7) is 7.12. The number of nitrogens with zero attached hydrogens (tertiary/aromatic N) is 2. The molecule has 2 N–H and O–H groups in total. The number of benzene rings is 1. The summed E-state index contributed by atoms with van der Waals surface area (Å²) in [6, 6.07) is 7.05. The van der Waals surface area contributed by atoms with Crippen molar-refractivity contribution in [3.63, 3.8) is 0 Å². The standard InChI is InChI=1S/C18H27N3O3/c1-3-19-18(20-12-14-7-9-16(22)10-8-14)21-11-5-6-15(13-21)17(23)24-4-2/h7-10,15,22H,3-6,11-13H2,1-2H3,(H,19,20). The van der Waals surface area contributed by atoms with Crippen LogP contribution >= 0.6 is 0 Å². The van der Waals surface area contributed by atoms with Crippen LogP contribution < -0.4 is 5.32 Å². The zero-order valence-electron chi connectivity index (χ0n) is 14.5. The van der Waals surface area contributed by atoms with Gasteiger partial charge in [-0.1, -0.05) is 12.1 Å². The van der Waals surface area contributed by atoms with Crippen LogP contribution in [-0.2, 0) is 16.1 Å². The number of hydrogen-bond acceptors (Lipinski definition) is 4. The van der Waals surface area contributed by atoms with Gasteiger partial charge in [-0.05, 0) is 44.4 Å². The van der Waals surface area contributed by atoms with E-state index in [1.165, 1.54) is 0 Å². The largest absolute Gasteiger partial charge is 0.508 e. The van der Waals surface area contributed by atoms with Gasteiger partial charge in [-0.2, -0.15) is 0 Å². The Kier molecular flexibility index (Phi) is 6.90. The molecule has 0 amide bonds. The fourth-order valence-corrected chi connectivity index (χ4v) is 2.82. The number of carbonyl (C=O) groups is 1.